The largest absolute Gasteiger partial charge is 0.490 e. The molecule has 1 fully saturated rings. The molecule has 16 heavy (non-hydrogen) atoms. The molecular formula is C13H16O3. The Bertz CT molecular complexity index is 367. The maximum absolute atomic E-state index is 11.2. The highest BCUT2D eigenvalue weighted by Crippen LogP contribution is 2.19. The standard InChI is InChI=1S/C13H16O3/c1-10(14)11-3-2-4-13(9-11)16-12-5-7-15-8-6-12/h2-4,9,12H,5-8H2,1H3. The van der Waals surface area contributed by atoms with Crippen molar-refractivity contribution in [3.63, 3.8) is 0 Å². The molecule has 0 N–H and O–H groups in total. The Morgan fingerprint density at radius 2 is 2.12 bits per heavy atom. The lowest BCUT2D eigenvalue weighted by molar-refractivity contribution is 0.0255. The summed E-state index contributed by atoms with van der Waals surface area (Å²) in [6, 6.07) is 7.35. The van der Waals surface area contributed by atoms with Crippen LogP contribution in [-0.2, 0) is 4.74 Å². The van der Waals surface area contributed by atoms with Gasteiger partial charge in [0.1, 0.15) is 11.9 Å². The third-order valence-corrected chi connectivity index (χ3v) is 2.71. The zero-order chi connectivity index (χ0) is 11.4. The number of hydrogen-bond acceptors (Lipinski definition) is 3. The van der Waals surface area contributed by atoms with Crippen LogP contribution in [-0.4, -0.2) is 25.1 Å². The van der Waals surface area contributed by atoms with Crippen LogP contribution in [0, 0.1) is 0 Å². The normalized spacial score (nSPS) is 17.1. The molecule has 0 spiro atoms. The average Bonchev–Trinajstić information content (AvgIpc) is 2.30. The van der Waals surface area contributed by atoms with Crippen molar-refractivity contribution >= 4 is 5.78 Å². The van der Waals surface area contributed by atoms with E-state index in [9.17, 15) is 4.79 Å². The molecule has 0 unspecified atom stereocenters. The summed E-state index contributed by atoms with van der Waals surface area (Å²) in [7, 11) is 0. The molecule has 0 bridgehead atoms. The quantitative estimate of drug-likeness (QED) is 0.734. The molecule has 0 radical (unpaired) electrons. The summed E-state index contributed by atoms with van der Waals surface area (Å²) in [6.07, 6.45) is 2.06. The van der Waals surface area contributed by atoms with E-state index in [1.807, 2.05) is 12.1 Å². The number of Topliss-reactive ketones (excluding diaryl/α,β-unsaturated/α-hetero) is 1. The Kier molecular flexibility index (Phi) is 3.57. The Balaban J connectivity index is 2.02. The number of ether oxygens (including phenoxy) is 2. The first-order valence-electron chi connectivity index (χ1n) is 5.61. The highest BCUT2D eigenvalue weighted by Gasteiger charge is 2.15. The molecule has 2 rings (SSSR count). The van der Waals surface area contributed by atoms with Crippen molar-refractivity contribution < 1.29 is 14.3 Å². The number of carbonyl (C=O) groups excluding carboxylic acids is 1. The van der Waals surface area contributed by atoms with Crippen molar-refractivity contribution in [2.45, 2.75) is 25.9 Å². The van der Waals surface area contributed by atoms with Crippen molar-refractivity contribution in [1.29, 1.82) is 0 Å². The maximum Gasteiger partial charge on any atom is 0.159 e. The van der Waals surface area contributed by atoms with E-state index in [0.717, 1.165) is 31.8 Å². The lowest BCUT2D eigenvalue weighted by Gasteiger charge is -2.23. The zero-order valence-corrected chi connectivity index (χ0v) is 9.44. The Morgan fingerprint density at radius 3 is 2.81 bits per heavy atom. The van der Waals surface area contributed by atoms with Crippen molar-refractivity contribution in [2.75, 3.05) is 13.2 Å². The van der Waals surface area contributed by atoms with Gasteiger partial charge in [-0.2, -0.15) is 0 Å². The van der Waals surface area contributed by atoms with Crippen LogP contribution >= 0.6 is 0 Å². The van der Waals surface area contributed by atoms with Crippen molar-refractivity contribution in [3.8, 4) is 5.75 Å². The third-order valence-electron chi connectivity index (χ3n) is 2.71. The highest BCUT2D eigenvalue weighted by atomic mass is 16.5. The van der Waals surface area contributed by atoms with Crippen LogP contribution < -0.4 is 4.74 Å². The van der Waals surface area contributed by atoms with Crippen molar-refractivity contribution in [2.24, 2.45) is 0 Å². The minimum absolute atomic E-state index is 0.0671. The number of ketones is 1. The Labute approximate surface area is 95.4 Å². The molecule has 0 aliphatic carbocycles. The summed E-state index contributed by atoms with van der Waals surface area (Å²) in [5.74, 6) is 0.844. The van der Waals surface area contributed by atoms with Crippen LogP contribution in [0.25, 0.3) is 0 Å². The van der Waals surface area contributed by atoms with Gasteiger partial charge in [0.05, 0.1) is 13.2 Å². The highest BCUT2D eigenvalue weighted by molar-refractivity contribution is 5.94. The molecule has 1 saturated heterocycles. The molecule has 0 aromatic heterocycles. The van der Waals surface area contributed by atoms with Gasteiger partial charge in [0, 0.05) is 18.4 Å². The van der Waals surface area contributed by atoms with Crippen molar-refractivity contribution in [3.05, 3.63) is 29.8 Å². The van der Waals surface area contributed by atoms with E-state index in [4.69, 9.17) is 9.47 Å². The van der Waals surface area contributed by atoms with Gasteiger partial charge in [0.15, 0.2) is 5.78 Å². The second-order valence-corrected chi connectivity index (χ2v) is 4.01. The van der Waals surface area contributed by atoms with Gasteiger partial charge in [-0.1, -0.05) is 12.1 Å². The molecule has 3 heteroatoms. The summed E-state index contributed by atoms with van der Waals surface area (Å²) in [6.45, 7) is 3.09. The number of rotatable bonds is 3. The molecule has 1 aromatic carbocycles. The SMILES string of the molecule is CC(=O)c1cccc(OC2CCOCC2)c1. The first-order valence-corrected chi connectivity index (χ1v) is 5.61. The predicted octanol–water partition coefficient (Wildman–Crippen LogP) is 2.45. The molecular weight excluding hydrogens is 204 g/mol. The van der Waals surface area contributed by atoms with E-state index in [-0.39, 0.29) is 11.9 Å². The van der Waals surface area contributed by atoms with Gasteiger partial charge in [-0.25, -0.2) is 0 Å². The van der Waals surface area contributed by atoms with E-state index >= 15 is 0 Å². The summed E-state index contributed by atoms with van der Waals surface area (Å²) in [5, 5.41) is 0. The van der Waals surface area contributed by atoms with Gasteiger partial charge in [0.2, 0.25) is 0 Å². The van der Waals surface area contributed by atoms with Gasteiger partial charge in [-0.3, -0.25) is 4.79 Å². The minimum Gasteiger partial charge on any atom is -0.490 e. The first kappa shape index (κ1) is 11.1. The zero-order valence-electron chi connectivity index (χ0n) is 9.44. The molecule has 0 saturated carbocycles. The minimum atomic E-state index is 0.0671. The van der Waals surface area contributed by atoms with Crippen LogP contribution in [0.2, 0.25) is 0 Å². The van der Waals surface area contributed by atoms with E-state index in [0.29, 0.717) is 5.56 Å². The molecule has 86 valence electrons. The summed E-state index contributed by atoms with van der Waals surface area (Å²) in [5.41, 5.74) is 0.699. The van der Waals surface area contributed by atoms with Gasteiger partial charge in [-0.05, 0) is 19.1 Å². The molecule has 3 nitrogen and oxygen atoms in total. The van der Waals surface area contributed by atoms with Gasteiger partial charge in [-0.15, -0.1) is 0 Å². The smallest absolute Gasteiger partial charge is 0.159 e. The van der Waals surface area contributed by atoms with Crippen LogP contribution in [0.15, 0.2) is 24.3 Å². The molecule has 1 aliphatic rings. The second-order valence-electron chi connectivity index (χ2n) is 4.01. The molecule has 1 aromatic rings. The third kappa shape index (κ3) is 2.83. The predicted molar refractivity (Wildman–Crippen MR) is 60.9 cm³/mol. The fourth-order valence-corrected chi connectivity index (χ4v) is 1.77. The van der Waals surface area contributed by atoms with Gasteiger partial charge >= 0.3 is 0 Å². The number of hydrogen-bond donors (Lipinski definition) is 0. The van der Waals surface area contributed by atoms with Crippen LogP contribution in [0.1, 0.15) is 30.1 Å². The lowest BCUT2D eigenvalue weighted by atomic mass is 10.1. The number of carbonyl (C=O) groups is 1. The molecule has 1 aliphatic heterocycles. The van der Waals surface area contributed by atoms with Gasteiger partial charge < -0.3 is 9.47 Å². The second kappa shape index (κ2) is 5.12. The van der Waals surface area contributed by atoms with E-state index < -0.39 is 0 Å². The number of benzene rings is 1. The van der Waals surface area contributed by atoms with Crippen LogP contribution in [0.5, 0.6) is 5.75 Å². The fourth-order valence-electron chi connectivity index (χ4n) is 1.77. The monoisotopic (exact) mass is 220 g/mol. The maximum atomic E-state index is 11.2. The first-order chi connectivity index (χ1) is 7.75. The average molecular weight is 220 g/mol. The fraction of sp³-hybridized carbons (Fsp3) is 0.462. The summed E-state index contributed by atoms with van der Waals surface area (Å²) in [4.78, 5) is 11.2. The molecule has 0 atom stereocenters. The molecule has 0 amide bonds. The summed E-state index contributed by atoms with van der Waals surface area (Å²) >= 11 is 0. The van der Waals surface area contributed by atoms with Gasteiger partial charge in [0.25, 0.3) is 0 Å². The van der Waals surface area contributed by atoms with E-state index in [1.165, 1.54) is 0 Å². The Hall–Kier alpha value is -1.35. The van der Waals surface area contributed by atoms with Crippen LogP contribution in [0.3, 0.4) is 0 Å². The molecule has 1 heterocycles. The lowest BCUT2D eigenvalue weighted by Crippen LogP contribution is -2.25. The van der Waals surface area contributed by atoms with E-state index in [1.54, 1.807) is 19.1 Å². The van der Waals surface area contributed by atoms with Crippen molar-refractivity contribution in [1.82, 2.24) is 0 Å². The topological polar surface area (TPSA) is 35.5 Å². The van der Waals surface area contributed by atoms with E-state index in [2.05, 4.69) is 0 Å². The Morgan fingerprint density at radius 1 is 1.38 bits per heavy atom. The summed E-state index contributed by atoms with van der Waals surface area (Å²) < 4.78 is 11.1. The van der Waals surface area contributed by atoms with Crippen LogP contribution in [0.4, 0.5) is 0 Å².